The number of hydrogen-bond acceptors (Lipinski definition) is 4. The largest absolute Gasteiger partial charge is 0.368 e. The number of anilines is 2. The Hall–Kier alpha value is -2.17. The number of hydrogen-bond donors (Lipinski definition) is 2. The molecule has 4 nitrogen and oxygen atoms in total. The van der Waals surface area contributed by atoms with Gasteiger partial charge in [-0.15, -0.1) is 0 Å². The highest BCUT2D eigenvalue weighted by Gasteiger charge is 2.04. The zero-order chi connectivity index (χ0) is 11.4. The standard InChI is InChI=1S/C11H11FN4/c12-9-7-15-11(13)16-10(9)14-6-8-4-2-1-3-5-8/h1-5,7H,6H2,(H3,13,14,15,16). The number of nitrogens with zero attached hydrogens (tertiary/aromatic N) is 2. The van der Waals surface area contributed by atoms with E-state index >= 15 is 0 Å². The predicted octanol–water partition coefficient (Wildman–Crippen LogP) is 1.81. The first-order valence-electron chi connectivity index (χ1n) is 4.81. The fraction of sp³-hybridized carbons (Fsp3) is 0.0909. The molecular formula is C11H11FN4. The van der Waals surface area contributed by atoms with Crippen molar-refractivity contribution in [3.05, 3.63) is 47.9 Å². The van der Waals surface area contributed by atoms with E-state index in [-0.39, 0.29) is 11.8 Å². The summed E-state index contributed by atoms with van der Waals surface area (Å²) in [5, 5.41) is 2.86. The summed E-state index contributed by atoms with van der Waals surface area (Å²) in [6, 6.07) is 9.64. The van der Waals surface area contributed by atoms with Gasteiger partial charge in [-0.1, -0.05) is 30.3 Å². The van der Waals surface area contributed by atoms with Crippen LogP contribution < -0.4 is 11.1 Å². The summed E-state index contributed by atoms with van der Waals surface area (Å²) < 4.78 is 13.2. The number of aromatic nitrogens is 2. The van der Waals surface area contributed by atoms with Gasteiger partial charge in [-0.2, -0.15) is 4.98 Å². The van der Waals surface area contributed by atoms with Gasteiger partial charge in [-0.3, -0.25) is 0 Å². The molecule has 0 spiro atoms. The highest BCUT2D eigenvalue weighted by atomic mass is 19.1. The van der Waals surface area contributed by atoms with Crippen molar-refractivity contribution in [1.82, 2.24) is 9.97 Å². The zero-order valence-corrected chi connectivity index (χ0v) is 8.52. The molecule has 0 amide bonds. The molecule has 1 aromatic carbocycles. The van der Waals surface area contributed by atoms with Crippen molar-refractivity contribution in [1.29, 1.82) is 0 Å². The molecule has 0 aliphatic carbocycles. The second kappa shape index (κ2) is 4.57. The SMILES string of the molecule is Nc1ncc(F)c(NCc2ccccc2)n1. The molecule has 2 rings (SSSR count). The van der Waals surface area contributed by atoms with Crippen LogP contribution in [0.25, 0.3) is 0 Å². The Morgan fingerprint density at radius 1 is 1.25 bits per heavy atom. The fourth-order valence-electron chi connectivity index (χ4n) is 1.29. The number of nitrogen functional groups attached to an aromatic ring is 1. The summed E-state index contributed by atoms with van der Waals surface area (Å²) in [6.45, 7) is 0.494. The Balaban J connectivity index is 2.08. The molecule has 0 fully saturated rings. The monoisotopic (exact) mass is 218 g/mol. The number of halogens is 1. The summed E-state index contributed by atoms with van der Waals surface area (Å²) in [5.41, 5.74) is 6.41. The molecule has 3 N–H and O–H groups in total. The van der Waals surface area contributed by atoms with Crippen molar-refractivity contribution < 1.29 is 4.39 Å². The first kappa shape index (κ1) is 10.4. The minimum atomic E-state index is -0.509. The van der Waals surface area contributed by atoms with Crippen LogP contribution in [0.3, 0.4) is 0 Å². The highest BCUT2D eigenvalue weighted by molar-refractivity contribution is 5.39. The van der Waals surface area contributed by atoms with E-state index in [0.717, 1.165) is 11.8 Å². The van der Waals surface area contributed by atoms with Gasteiger partial charge < -0.3 is 11.1 Å². The molecule has 16 heavy (non-hydrogen) atoms. The molecule has 5 heteroatoms. The molecule has 1 aromatic heterocycles. The topological polar surface area (TPSA) is 63.8 Å². The van der Waals surface area contributed by atoms with Crippen LogP contribution in [0.2, 0.25) is 0 Å². The van der Waals surface area contributed by atoms with Crippen LogP contribution in [0.15, 0.2) is 36.5 Å². The molecular weight excluding hydrogens is 207 g/mol. The van der Waals surface area contributed by atoms with Gasteiger partial charge in [0, 0.05) is 6.54 Å². The van der Waals surface area contributed by atoms with Gasteiger partial charge in [0.05, 0.1) is 6.20 Å². The molecule has 0 unspecified atom stereocenters. The Morgan fingerprint density at radius 2 is 2.00 bits per heavy atom. The van der Waals surface area contributed by atoms with Crippen LogP contribution in [0, 0.1) is 5.82 Å². The number of nitrogens with two attached hydrogens (primary N) is 1. The van der Waals surface area contributed by atoms with E-state index in [1.54, 1.807) is 0 Å². The van der Waals surface area contributed by atoms with Gasteiger partial charge in [-0.05, 0) is 5.56 Å². The number of nitrogens with one attached hydrogen (secondary N) is 1. The molecule has 0 radical (unpaired) electrons. The van der Waals surface area contributed by atoms with Crippen molar-refractivity contribution in [2.75, 3.05) is 11.1 Å². The molecule has 0 bridgehead atoms. The number of rotatable bonds is 3. The van der Waals surface area contributed by atoms with E-state index < -0.39 is 5.82 Å². The lowest BCUT2D eigenvalue weighted by molar-refractivity contribution is 0.617. The van der Waals surface area contributed by atoms with Crippen LogP contribution in [0.1, 0.15) is 5.56 Å². The number of benzene rings is 1. The van der Waals surface area contributed by atoms with Crippen LogP contribution >= 0.6 is 0 Å². The maximum atomic E-state index is 13.2. The first-order valence-corrected chi connectivity index (χ1v) is 4.81. The Kier molecular flexibility index (Phi) is 2.95. The van der Waals surface area contributed by atoms with Crippen molar-refractivity contribution in [2.45, 2.75) is 6.54 Å². The summed E-state index contributed by atoms with van der Waals surface area (Å²) in [4.78, 5) is 7.31. The molecule has 82 valence electrons. The van der Waals surface area contributed by atoms with Gasteiger partial charge in [0.1, 0.15) is 0 Å². The molecule has 0 aliphatic heterocycles. The average molecular weight is 218 g/mol. The van der Waals surface area contributed by atoms with Crippen molar-refractivity contribution >= 4 is 11.8 Å². The van der Waals surface area contributed by atoms with Crippen molar-refractivity contribution in [3.63, 3.8) is 0 Å². The normalized spacial score (nSPS) is 10.1. The lowest BCUT2D eigenvalue weighted by atomic mass is 10.2. The smallest absolute Gasteiger partial charge is 0.222 e. The Bertz CT molecular complexity index is 473. The molecule has 1 heterocycles. The second-order valence-corrected chi connectivity index (χ2v) is 3.26. The third-order valence-electron chi connectivity index (χ3n) is 2.07. The first-order chi connectivity index (χ1) is 7.75. The van der Waals surface area contributed by atoms with E-state index in [2.05, 4.69) is 15.3 Å². The van der Waals surface area contributed by atoms with Gasteiger partial charge in [0.25, 0.3) is 0 Å². The Labute approximate surface area is 92.3 Å². The fourth-order valence-corrected chi connectivity index (χ4v) is 1.29. The third-order valence-corrected chi connectivity index (χ3v) is 2.07. The summed E-state index contributed by atoms with van der Waals surface area (Å²) in [5.74, 6) is -0.335. The van der Waals surface area contributed by atoms with Crippen LogP contribution in [-0.4, -0.2) is 9.97 Å². The van der Waals surface area contributed by atoms with Crippen LogP contribution in [-0.2, 0) is 6.54 Å². The van der Waals surface area contributed by atoms with E-state index in [1.807, 2.05) is 30.3 Å². The third kappa shape index (κ3) is 2.44. The molecule has 2 aromatic rings. The van der Waals surface area contributed by atoms with E-state index in [4.69, 9.17) is 5.73 Å². The predicted molar refractivity (Wildman–Crippen MR) is 60.2 cm³/mol. The van der Waals surface area contributed by atoms with Gasteiger partial charge in [0.15, 0.2) is 11.6 Å². The van der Waals surface area contributed by atoms with Gasteiger partial charge >= 0.3 is 0 Å². The minimum Gasteiger partial charge on any atom is -0.368 e. The Morgan fingerprint density at radius 3 is 2.75 bits per heavy atom. The lowest BCUT2D eigenvalue weighted by Gasteiger charge is -2.06. The van der Waals surface area contributed by atoms with Crippen molar-refractivity contribution in [3.8, 4) is 0 Å². The van der Waals surface area contributed by atoms with E-state index in [1.165, 1.54) is 0 Å². The van der Waals surface area contributed by atoms with Crippen molar-refractivity contribution in [2.24, 2.45) is 0 Å². The van der Waals surface area contributed by atoms with E-state index in [0.29, 0.717) is 6.54 Å². The van der Waals surface area contributed by atoms with Gasteiger partial charge in [-0.25, -0.2) is 9.37 Å². The lowest BCUT2D eigenvalue weighted by Crippen LogP contribution is -2.06. The average Bonchev–Trinajstić information content (AvgIpc) is 2.32. The quantitative estimate of drug-likeness (QED) is 0.824. The summed E-state index contributed by atoms with van der Waals surface area (Å²) in [7, 11) is 0. The van der Waals surface area contributed by atoms with E-state index in [9.17, 15) is 4.39 Å². The molecule has 0 saturated heterocycles. The highest BCUT2D eigenvalue weighted by Crippen LogP contribution is 2.11. The van der Waals surface area contributed by atoms with Crippen LogP contribution in [0.5, 0.6) is 0 Å². The molecule has 0 saturated carbocycles. The maximum absolute atomic E-state index is 13.2. The minimum absolute atomic E-state index is 0.0527. The van der Waals surface area contributed by atoms with Crippen LogP contribution in [0.4, 0.5) is 16.2 Å². The summed E-state index contributed by atoms with van der Waals surface area (Å²) >= 11 is 0. The zero-order valence-electron chi connectivity index (χ0n) is 8.52. The molecule has 0 aliphatic rings. The van der Waals surface area contributed by atoms with Gasteiger partial charge in [0.2, 0.25) is 5.95 Å². The second-order valence-electron chi connectivity index (χ2n) is 3.26. The molecule has 0 atom stereocenters. The maximum Gasteiger partial charge on any atom is 0.222 e. The summed E-state index contributed by atoms with van der Waals surface area (Å²) in [6.07, 6.45) is 1.05.